The minimum atomic E-state index is -0.420. The fourth-order valence-corrected chi connectivity index (χ4v) is 1.28. The maximum atomic E-state index is 11.2. The van der Waals surface area contributed by atoms with Crippen molar-refractivity contribution < 1.29 is 9.53 Å². The maximum Gasteiger partial charge on any atom is 0.339 e. The van der Waals surface area contributed by atoms with Crippen LogP contribution in [0.2, 0.25) is 0 Å². The van der Waals surface area contributed by atoms with Crippen LogP contribution in [0.5, 0.6) is 0 Å². The first kappa shape index (κ1) is 10.2. The molecular formula is C8H8INO3. The summed E-state index contributed by atoms with van der Waals surface area (Å²) in [7, 11) is 0. The molecule has 0 radical (unpaired) electrons. The zero-order valence-electron chi connectivity index (χ0n) is 6.96. The molecule has 5 heteroatoms. The van der Waals surface area contributed by atoms with E-state index in [9.17, 15) is 9.59 Å². The normalized spacial score (nSPS) is 9.69. The van der Waals surface area contributed by atoms with Crippen LogP contribution < -0.4 is 5.56 Å². The highest BCUT2D eigenvalue weighted by Crippen LogP contribution is 2.02. The van der Waals surface area contributed by atoms with E-state index < -0.39 is 5.97 Å². The van der Waals surface area contributed by atoms with Crippen molar-refractivity contribution >= 4 is 28.6 Å². The van der Waals surface area contributed by atoms with Crippen LogP contribution in [0.3, 0.4) is 0 Å². The molecule has 0 bridgehead atoms. The molecule has 1 aromatic heterocycles. The molecule has 0 atom stereocenters. The van der Waals surface area contributed by atoms with Gasteiger partial charge in [0, 0.05) is 6.20 Å². The van der Waals surface area contributed by atoms with E-state index in [0.717, 1.165) is 0 Å². The third kappa shape index (κ3) is 2.55. The number of halogens is 1. The predicted octanol–water partition coefficient (Wildman–Crippen LogP) is 1.16. The standard InChI is InChI=1S/C8H8INO3/c1-2-13-8(12)5-3-6(9)7(11)10-4-5/h3-4H,2H2,1H3,(H,10,11). The van der Waals surface area contributed by atoms with Gasteiger partial charge in [-0.3, -0.25) is 4.79 Å². The predicted molar refractivity (Wildman–Crippen MR) is 55.7 cm³/mol. The van der Waals surface area contributed by atoms with Crippen molar-refractivity contribution in [3.63, 3.8) is 0 Å². The van der Waals surface area contributed by atoms with Gasteiger partial charge in [-0.25, -0.2) is 4.79 Å². The van der Waals surface area contributed by atoms with Gasteiger partial charge in [0.25, 0.3) is 5.56 Å². The molecule has 4 nitrogen and oxygen atoms in total. The Hall–Kier alpha value is -0.850. The van der Waals surface area contributed by atoms with E-state index in [1.165, 1.54) is 12.3 Å². The highest BCUT2D eigenvalue weighted by Gasteiger charge is 2.07. The van der Waals surface area contributed by atoms with Crippen molar-refractivity contribution in [2.24, 2.45) is 0 Å². The minimum Gasteiger partial charge on any atom is -0.462 e. The molecule has 0 aliphatic carbocycles. The second-order valence-electron chi connectivity index (χ2n) is 2.29. The van der Waals surface area contributed by atoms with Gasteiger partial charge < -0.3 is 9.72 Å². The zero-order chi connectivity index (χ0) is 9.84. The molecule has 70 valence electrons. The maximum absolute atomic E-state index is 11.2. The Morgan fingerprint density at radius 2 is 2.38 bits per heavy atom. The van der Waals surface area contributed by atoms with Crippen molar-refractivity contribution in [1.29, 1.82) is 0 Å². The van der Waals surface area contributed by atoms with Crippen LogP contribution in [-0.2, 0) is 4.74 Å². The molecule has 0 spiro atoms. The number of carbonyl (C=O) groups is 1. The number of H-pyrrole nitrogens is 1. The summed E-state index contributed by atoms with van der Waals surface area (Å²) in [5.41, 5.74) is 0.166. The summed E-state index contributed by atoms with van der Waals surface area (Å²) in [6.45, 7) is 2.06. The van der Waals surface area contributed by atoms with E-state index in [4.69, 9.17) is 4.74 Å². The first-order chi connectivity index (χ1) is 6.15. The van der Waals surface area contributed by atoms with Crippen molar-refractivity contribution in [3.8, 4) is 0 Å². The number of aromatic nitrogens is 1. The summed E-state index contributed by atoms with van der Waals surface area (Å²) in [5, 5.41) is 0. The largest absolute Gasteiger partial charge is 0.462 e. The van der Waals surface area contributed by atoms with Gasteiger partial charge >= 0.3 is 5.97 Å². The Morgan fingerprint density at radius 3 is 2.92 bits per heavy atom. The van der Waals surface area contributed by atoms with Crippen LogP contribution in [-0.4, -0.2) is 17.6 Å². The van der Waals surface area contributed by atoms with E-state index in [1.807, 2.05) is 22.6 Å². The van der Waals surface area contributed by atoms with E-state index in [2.05, 4.69) is 4.98 Å². The van der Waals surface area contributed by atoms with Crippen molar-refractivity contribution in [1.82, 2.24) is 4.98 Å². The molecular weight excluding hydrogens is 285 g/mol. The zero-order valence-corrected chi connectivity index (χ0v) is 9.12. The Balaban J connectivity index is 2.97. The minimum absolute atomic E-state index is 0.200. The second-order valence-corrected chi connectivity index (χ2v) is 3.45. The number of rotatable bonds is 2. The lowest BCUT2D eigenvalue weighted by molar-refractivity contribution is 0.0525. The molecule has 1 aromatic rings. The SMILES string of the molecule is CCOC(=O)c1c[nH]c(=O)c(I)c1. The number of pyridine rings is 1. The van der Waals surface area contributed by atoms with Crippen LogP contribution >= 0.6 is 22.6 Å². The van der Waals surface area contributed by atoms with Gasteiger partial charge in [-0.05, 0) is 35.6 Å². The summed E-state index contributed by atoms with van der Waals surface area (Å²) in [4.78, 5) is 24.5. The lowest BCUT2D eigenvalue weighted by Crippen LogP contribution is -2.13. The molecule has 0 aliphatic rings. The average Bonchev–Trinajstić information content (AvgIpc) is 2.10. The van der Waals surface area contributed by atoms with Gasteiger partial charge in [-0.1, -0.05) is 0 Å². The first-order valence-corrected chi connectivity index (χ1v) is 4.78. The summed E-state index contributed by atoms with van der Waals surface area (Å²) in [5.74, 6) is -0.420. The monoisotopic (exact) mass is 293 g/mol. The van der Waals surface area contributed by atoms with Crippen molar-refractivity contribution in [3.05, 3.63) is 31.8 Å². The quantitative estimate of drug-likeness (QED) is 0.657. The Labute approximate surface area is 88.4 Å². The number of aromatic amines is 1. The van der Waals surface area contributed by atoms with Gasteiger partial charge in [-0.2, -0.15) is 0 Å². The second kappa shape index (κ2) is 4.40. The van der Waals surface area contributed by atoms with E-state index in [0.29, 0.717) is 15.7 Å². The van der Waals surface area contributed by atoms with Gasteiger partial charge in [-0.15, -0.1) is 0 Å². The number of hydrogen-bond donors (Lipinski definition) is 1. The molecule has 0 aliphatic heterocycles. The third-order valence-electron chi connectivity index (χ3n) is 1.37. The Kier molecular flexibility index (Phi) is 3.47. The fourth-order valence-electron chi connectivity index (χ4n) is 0.788. The molecule has 0 unspecified atom stereocenters. The number of ether oxygens (including phenoxy) is 1. The van der Waals surface area contributed by atoms with Crippen molar-refractivity contribution in [2.45, 2.75) is 6.92 Å². The molecule has 1 N–H and O–H groups in total. The van der Waals surface area contributed by atoms with Crippen LogP contribution in [0.25, 0.3) is 0 Å². The number of nitrogens with one attached hydrogen (secondary N) is 1. The molecule has 1 rings (SSSR count). The average molecular weight is 293 g/mol. The van der Waals surface area contributed by atoms with E-state index in [-0.39, 0.29) is 5.56 Å². The molecule has 1 heterocycles. The summed E-state index contributed by atoms with van der Waals surface area (Å²) >= 11 is 1.86. The fraction of sp³-hybridized carbons (Fsp3) is 0.250. The summed E-state index contributed by atoms with van der Waals surface area (Å²) in [6, 6.07) is 1.50. The number of esters is 1. The highest BCUT2D eigenvalue weighted by molar-refractivity contribution is 14.1. The smallest absolute Gasteiger partial charge is 0.339 e. The van der Waals surface area contributed by atoms with Crippen LogP contribution in [0, 0.1) is 3.57 Å². The molecule has 0 saturated heterocycles. The molecule has 0 saturated carbocycles. The number of carbonyl (C=O) groups excluding carboxylic acids is 1. The first-order valence-electron chi connectivity index (χ1n) is 3.70. The summed E-state index contributed by atoms with van der Waals surface area (Å²) in [6.07, 6.45) is 1.35. The Morgan fingerprint density at radius 1 is 1.69 bits per heavy atom. The van der Waals surface area contributed by atoms with Gasteiger partial charge in [0.05, 0.1) is 15.7 Å². The number of hydrogen-bond acceptors (Lipinski definition) is 3. The Bertz CT molecular complexity index is 372. The molecule has 0 fully saturated rings. The van der Waals surface area contributed by atoms with Crippen LogP contribution in [0.1, 0.15) is 17.3 Å². The van der Waals surface area contributed by atoms with Crippen LogP contribution in [0.4, 0.5) is 0 Å². The molecule has 13 heavy (non-hydrogen) atoms. The molecule has 0 aromatic carbocycles. The van der Waals surface area contributed by atoms with Crippen molar-refractivity contribution in [2.75, 3.05) is 6.61 Å². The van der Waals surface area contributed by atoms with Crippen LogP contribution in [0.15, 0.2) is 17.1 Å². The van der Waals surface area contributed by atoms with E-state index >= 15 is 0 Å². The molecule has 0 amide bonds. The van der Waals surface area contributed by atoms with Gasteiger partial charge in [0.2, 0.25) is 0 Å². The lowest BCUT2D eigenvalue weighted by Gasteiger charge is -2.00. The van der Waals surface area contributed by atoms with Gasteiger partial charge in [0.15, 0.2) is 0 Å². The highest BCUT2D eigenvalue weighted by atomic mass is 127. The topological polar surface area (TPSA) is 59.2 Å². The van der Waals surface area contributed by atoms with Gasteiger partial charge in [0.1, 0.15) is 0 Å². The van der Waals surface area contributed by atoms with E-state index in [1.54, 1.807) is 6.92 Å². The lowest BCUT2D eigenvalue weighted by atomic mass is 10.3. The third-order valence-corrected chi connectivity index (χ3v) is 2.17. The summed E-state index contributed by atoms with van der Waals surface area (Å²) < 4.78 is 5.23.